The largest absolute Gasteiger partial charge is 0.314 e. The standard InChI is InChI=1S/C16H10F2N2O2S/c1-10-2-4-12(7-14(10)18)20-9-13(8-19)23(21,22)16-5-3-11(17)6-15(16)20/h2-7,9H,1H3. The summed E-state index contributed by atoms with van der Waals surface area (Å²) >= 11 is 0. The van der Waals surface area contributed by atoms with Gasteiger partial charge in [0.2, 0.25) is 9.84 Å². The van der Waals surface area contributed by atoms with Crippen LogP contribution in [0.3, 0.4) is 0 Å². The predicted molar refractivity (Wildman–Crippen MR) is 80.6 cm³/mol. The van der Waals surface area contributed by atoms with Gasteiger partial charge in [-0.05, 0) is 42.8 Å². The number of nitriles is 1. The van der Waals surface area contributed by atoms with E-state index in [0.717, 1.165) is 24.4 Å². The van der Waals surface area contributed by atoms with Crippen LogP contribution in [-0.4, -0.2) is 8.42 Å². The van der Waals surface area contributed by atoms with Gasteiger partial charge in [0.25, 0.3) is 0 Å². The van der Waals surface area contributed by atoms with Gasteiger partial charge in [-0.25, -0.2) is 17.2 Å². The fourth-order valence-electron chi connectivity index (χ4n) is 2.31. The predicted octanol–water partition coefficient (Wildman–Crippen LogP) is 3.56. The van der Waals surface area contributed by atoms with Crippen LogP contribution in [0.15, 0.2) is 52.4 Å². The molecule has 1 aliphatic rings. The molecule has 23 heavy (non-hydrogen) atoms. The third kappa shape index (κ3) is 2.37. The molecule has 1 aliphatic heterocycles. The Morgan fingerprint density at radius 3 is 2.52 bits per heavy atom. The first-order valence-corrected chi connectivity index (χ1v) is 8.05. The van der Waals surface area contributed by atoms with Crippen molar-refractivity contribution in [2.75, 3.05) is 4.90 Å². The van der Waals surface area contributed by atoms with Crippen molar-refractivity contribution in [1.29, 1.82) is 5.26 Å². The van der Waals surface area contributed by atoms with Crippen molar-refractivity contribution >= 4 is 21.2 Å². The van der Waals surface area contributed by atoms with Crippen LogP contribution in [0, 0.1) is 29.9 Å². The van der Waals surface area contributed by atoms with E-state index in [4.69, 9.17) is 5.26 Å². The molecule has 1 heterocycles. The quantitative estimate of drug-likeness (QED) is 0.749. The van der Waals surface area contributed by atoms with Gasteiger partial charge in [0, 0.05) is 11.9 Å². The van der Waals surface area contributed by atoms with Gasteiger partial charge in [-0.1, -0.05) is 6.07 Å². The van der Waals surface area contributed by atoms with Crippen molar-refractivity contribution in [2.24, 2.45) is 0 Å². The Balaban J connectivity index is 2.30. The number of aryl methyl sites for hydroxylation is 1. The van der Waals surface area contributed by atoms with Gasteiger partial charge in [-0.15, -0.1) is 0 Å². The van der Waals surface area contributed by atoms with Gasteiger partial charge >= 0.3 is 0 Å². The smallest absolute Gasteiger partial charge is 0.220 e. The minimum Gasteiger partial charge on any atom is -0.314 e. The van der Waals surface area contributed by atoms with Gasteiger partial charge in [0.1, 0.15) is 17.7 Å². The number of fused-ring (bicyclic) bond motifs is 1. The average Bonchev–Trinajstić information content (AvgIpc) is 2.50. The molecular formula is C16H10F2N2O2S. The zero-order valence-corrected chi connectivity index (χ0v) is 12.7. The van der Waals surface area contributed by atoms with Crippen molar-refractivity contribution in [3.05, 3.63) is 64.7 Å². The number of anilines is 2. The van der Waals surface area contributed by atoms with Crippen LogP contribution in [0.25, 0.3) is 0 Å². The molecule has 0 fully saturated rings. The summed E-state index contributed by atoms with van der Waals surface area (Å²) in [5.41, 5.74) is 0.747. The lowest BCUT2D eigenvalue weighted by Gasteiger charge is -2.27. The van der Waals surface area contributed by atoms with Crippen LogP contribution in [0.1, 0.15) is 5.56 Å². The Hall–Kier alpha value is -2.72. The first-order chi connectivity index (χ1) is 10.8. The Bertz CT molecular complexity index is 992. The highest BCUT2D eigenvalue weighted by Gasteiger charge is 2.32. The van der Waals surface area contributed by atoms with E-state index < -0.39 is 26.4 Å². The number of rotatable bonds is 1. The lowest BCUT2D eigenvalue weighted by atomic mass is 10.2. The molecular weight excluding hydrogens is 322 g/mol. The van der Waals surface area contributed by atoms with Crippen LogP contribution < -0.4 is 4.90 Å². The number of nitrogens with zero attached hydrogens (tertiary/aromatic N) is 2. The van der Waals surface area contributed by atoms with Crippen LogP contribution >= 0.6 is 0 Å². The number of allylic oxidation sites excluding steroid dienone is 1. The maximum absolute atomic E-state index is 13.8. The molecule has 0 spiro atoms. The summed E-state index contributed by atoms with van der Waals surface area (Å²) in [5, 5.41) is 9.10. The molecule has 0 saturated heterocycles. The molecule has 0 aromatic heterocycles. The summed E-state index contributed by atoms with van der Waals surface area (Å²) < 4.78 is 52.1. The Morgan fingerprint density at radius 1 is 1.13 bits per heavy atom. The summed E-state index contributed by atoms with van der Waals surface area (Å²) in [6.45, 7) is 1.59. The number of sulfone groups is 1. The molecule has 2 aromatic carbocycles. The maximum Gasteiger partial charge on any atom is 0.220 e. The Labute approximate surface area is 131 Å². The summed E-state index contributed by atoms with van der Waals surface area (Å²) in [5.74, 6) is -1.12. The molecule has 0 aliphatic carbocycles. The fraction of sp³-hybridized carbons (Fsp3) is 0.0625. The highest BCUT2D eigenvalue weighted by atomic mass is 32.2. The van der Waals surface area contributed by atoms with Gasteiger partial charge in [-0.3, -0.25) is 0 Å². The minimum atomic E-state index is -4.01. The van der Waals surface area contributed by atoms with Gasteiger partial charge < -0.3 is 4.90 Å². The SMILES string of the molecule is Cc1ccc(N2C=C(C#N)S(=O)(=O)c3ccc(F)cc32)cc1F. The average molecular weight is 332 g/mol. The second-order valence-corrected chi connectivity index (χ2v) is 6.91. The van der Waals surface area contributed by atoms with E-state index in [-0.39, 0.29) is 10.6 Å². The zero-order valence-electron chi connectivity index (χ0n) is 11.9. The van der Waals surface area contributed by atoms with Gasteiger partial charge in [0.15, 0.2) is 4.91 Å². The highest BCUT2D eigenvalue weighted by Crippen LogP contribution is 2.39. The molecule has 0 amide bonds. The van der Waals surface area contributed by atoms with E-state index >= 15 is 0 Å². The van der Waals surface area contributed by atoms with Crippen molar-refractivity contribution < 1.29 is 17.2 Å². The third-order valence-corrected chi connectivity index (χ3v) is 5.25. The van der Waals surface area contributed by atoms with Crippen molar-refractivity contribution in [3.63, 3.8) is 0 Å². The van der Waals surface area contributed by atoms with Gasteiger partial charge in [-0.2, -0.15) is 5.26 Å². The second kappa shape index (κ2) is 5.18. The topological polar surface area (TPSA) is 61.2 Å². The summed E-state index contributed by atoms with van der Waals surface area (Å²) in [7, 11) is -4.01. The first kappa shape index (κ1) is 15.2. The molecule has 4 nitrogen and oxygen atoms in total. The molecule has 0 unspecified atom stereocenters. The lowest BCUT2D eigenvalue weighted by Crippen LogP contribution is -2.21. The van der Waals surface area contributed by atoms with E-state index in [1.807, 2.05) is 0 Å². The molecule has 0 atom stereocenters. The number of halogens is 2. The summed E-state index contributed by atoms with van der Waals surface area (Å²) in [6, 6.07) is 9.05. The number of benzene rings is 2. The maximum atomic E-state index is 13.8. The number of hydrogen-bond donors (Lipinski definition) is 0. The summed E-state index contributed by atoms with van der Waals surface area (Å²) in [6.07, 6.45) is 1.07. The minimum absolute atomic E-state index is 0.0345. The molecule has 116 valence electrons. The number of hydrogen-bond acceptors (Lipinski definition) is 4. The van der Waals surface area contributed by atoms with Crippen LogP contribution in [0.4, 0.5) is 20.2 Å². The fourth-order valence-corrected chi connectivity index (χ4v) is 3.60. The molecule has 3 rings (SSSR count). The van der Waals surface area contributed by atoms with E-state index in [9.17, 15) is 17.2 Å². The zero-order chi connectivity index (χ0) is 16.8. The second-order valence-electron chi connectivity index (χ2n) is 5.02. The van der Waals surface area contributed by atoms with Crippen LogP contribution in [0.2, 0.25) is 0 Å². The first-order valence-electron chi connectivity index (χ1n) is 6.56. The Kier molecular flexibility index (Phi) is 3.42. The highest BCUT2D eigenvalue weighted by molar-refractivity contribution is 7.95. The van der Waals surface area contributed by atoms with Crippen LogP contribution in [-0.2, 0) is 9.84 Å². The normalized spacial score (nSPS) is 15.6. The lowest BCUT2D eigenvalue weighted by molar-refractivity contribution is 0.600. The van der Waals surface area contributed by atoms with Crippen LogP contribution in [0.5, 0.6) is 0 Å². The third-order valence-electron chi connectivity index (χ3n) is 3.55. The van der Waals surface area contributed by atoms with E-state index in [1.165, 1.54) is 17.0 Å². The molecule has 0 saturated carbocycles. The summed E-state index contributed by atoms with van der Waals surface area (Å²) in [4.78, 5) is 0.608. The van der Waals surface area contributed by atoms with Crippen molar-refractivity contribution in [3.8, 4) is 6.07 Å². The molecule has 0 bridgehead atoms. The molecule has 2 aromatic rings. The van der Waals surface area contributed by atoms with Crippen molar-refractivity contribution in [2.45, 2.75) is 11.8 Å². The van der Waals surface area contributed by atoms with E-state index in [0.29, 0.717) is 11.3 Å². The monoisotopic (exact) mass is 332 g/mol. The van der Waals surface area contributed by atoms with E-state index in [2.05, 4.69) is 0 Å². The molecule has 0 radical (unpaired) electrons. The van der Waals surface area contributed by atoms with Crippen molar-refractivity contribution in [1.82, 2.24) is 0 Å². The Morgan fingerprint density at radius 2 is 1.87 bits per heavy atom. The molecule has 0 N–H and O–H groups in total. The molecule has 7 heteroatoms. The van der Waals surface area contributed by atoms with E-state index in [1.54, 1.807) is 19.1 Å². The van der Waals surface area contributed by atoms with Gasteiger partial charge in [0.05, 0.1) is 10.6 Å².